The average molecular weight is 382 g/mol. The third-order valence-electron chi connectivity index (χ3n) is 3.26. The largest absolute Gasteiger partial charge is 0.349 e. The van der Waals surface area contributed by atoms with Crippen molar-refractivity contribution in [3.8, 4) is 0 Å². The Hall–Kier alpha value is -0.630. The lowest BCUT2D eigenvalue weighted by Gasteiger charge is -2.33. The molecule has 0 unspecified atom stereocenters. The van der Waals surface area contributed by atoms with Crippen LogP contribution in [0.4, 0.5) is 0 Å². The van der Waals surface area contributed by atoms with Crippen LogP contribution in [0.25, 0.3) is 0 Å². The minimum atomic E-state index is -3.98. The fourth-order valence-corrected chi connectivity index (χ4v) is 4.00. The number of rotatable bonds is 3. The Balaban J connectivity index is 2.32. The molecule has 0 saturated heterocycles. The standard InChI is InChI=1S/C12H14BrClN2O3S/c1-6-2-8(3-6)16-12(17)9-4-7(13)5-10(11(9)14)20(15,18)19/h4-6,8H,2-3H2,1H3,(H,16,17)(H2,15,18,19). The highest BCUT2D eigenvalue weighted by atomic mass is 79.9. The van der Waals surface area contributed by atoms with Crippen LogP contribution in [0, 0.1) is 5.92 Å². The van der Waals surface area contributed by atoms with E-state index in [1.807, 2.05) is 0 Å². The molecule has 0 bridgehead atoms. The van der Waals surface area contributed by atoms with Crippen LogP contribution in [0.1, 0.15) is 30.1 Å². The van der Waals surface area contributed by atoms with Crippen molar-refractivity contribution in [2.75, 3.05) is 0 Å². The van der Waals surface area contributed by atoms with E-state index < -0.39 is 15.9 Å². The molecule has 0 radical (unpaired) electrons. The molecule has 0 aliphatic heterocycles. The van der Waals surface area contributed by atoms with Crippen LogP contribution in [-0.2, 0) is 10.0 Å². The second-order valence-electron chi connectivity index (χ2n) is 5.06. The van der Waals surface area contributed by atoms with Gasteiger partial charge in [-0.3, -0.25) is 4.79 Å². The number of primary sulfonamides is 1. The summed E-state index contributed by atoms with van der Waals surface area (Å²) in [5.74, 6) is 0.205. The fraction of sp³-hybridized carbons (Fsp3) is 0.417. The molecular weight excluding hydrogens is 368 g/mol. The molecule has 0 aromatic heterocycles. The summed E-state index contributed by atoms with van der Waals surface area (Å²) in [5.41, 5.74) is 0.101. The van der Waals surface area contributed by atoms with Gasteiger partial charge in [-0.2, -0.15) is 0 Å². The lowest BCUT2D eigenvalue weighted by Crippen LogP contribution is -2.43. The quantitative estimate of drug-likeness (QED) is 0.841. The average Bonchev–Trinajstić information content (AvgIpc) is 2.28. The second kappa shape index (κ2) is 5.63. The van der Waals surface area contributed by atoms with Crippen molar-refractivity contribution in [2.45, 2.75) is 30.7 Å². The van der Waals surface area contributed by atoms with Crippen LogP contribution in [0.3, 0.4) is 0 Å². The van der Waals surface area contributed by atoms with Gasteiger partial charge in [0.25, 0.3) is 5.91 Å². The van der Waals surface area contributed by atoms with E-state index in [4.69, 9.17) is 16.7 Å². The van der Waals surface area contributed by atoms with Gasteiger partial charge in [-0.15, -0.1) is 0 Å². The molecule has 8 heteroatoms. The Kier molecular flexibility index (Phi) is 4.44. The monoisotopic (exact) mass is 380 g/mol. The van der Waals surface area contributed by atoms with Crippen LogP contribution >= 0.6 is 27.5 Å². The molecule has 20 heavy (non-hydrogen) atoms. The number of nitrogens with two attached hydrogens (primary N) is 1. The van der Waals surface area contributed by atoms with Gasteiger partial charge in [0.05, 0.1) is 10.6 Å². The summed E-state index contributed by atoms with van der Waals surface area (Å²) in [6.45, 7) is 2.11. The number of halogens is 2. The number of carbonyl (C=O) groups excluding carboxylic acids is 1. The summed E-state index contributed by atoms with van der Waals surface area (Å²) in [6.07, 6.45) is 1.83. The molecule has 1 aliphatic rings. The summed E-state index contributed by atoms with van der Waals surface area (Å²) in [6, 6.07) is 2.87. The molecule has 1 amide bonds. The zero-order valence-electron chi connectivity index (χ0n) is 10.7. The van der Waals surface area contributed by atoms with E-state index in [-0.39, 0.29) is 21.5 Å². The van der Waals surface area contributed by atoms with E-state index in [1.165, 1.54) is 12.1 Å². The Bertz CT molecular complexity index is 657. The molecule has 1 fully saturated rings. The molecule has 3 N–H and O–H groups in total. The van der Waals surface area contributed by atoms with E-state index in [0.717, 1.165) is 12.8 Å². The molecule has 1 saturated carbocycles. The number of carbonyl (C=O) groups is 1. The maximum absolute atomic E-state index is 12.2. The summed E-state index contributed by atoms with van der Waals surface area (Å²) in [4.78, 5) is 11.9. The number of amides is 1. The Morgan fingerprint density at radius 2 is 2.05 bits per heavy atom. The molecule has 110 valence electrons. The first-order chi connectivity index (χ1) is 9.18. The normalized spacial score (nSPS) is 22.2. The third-order valence-corrected chi connectivity index (χ3v) is 5.18. The van der Waals surface area contributed by atoms with Crippen molar-refractivity contribution in [3.05, 3.63) is 27.2 Å². The smallest absolute Gasteiger partial charge is 0.253 e. The highest BCUT2D eigenvalue weighted by Gasteiger charge is 2.28. The van der Waals surface area contributed by atoms with Gasteiger partial charge < -0.3 is 5.32 Å². The van der Waals surface area contributed by atoms with Gasteiger partial charge in [0.2, 0.25) is 10.0 Å². The SMILES string of the molecule is CC1CC(NC(=O)c2cc(Br)cc(S(N)(=O)=O)c2Cl)C1. The van der Waals surface area contributed by atoms with Gasteiger partial charge in [-0.05, 0) is 30.9 Å². The summed E-state index contributed by atoms with van der Waals surface area (Å²) in [5, 5.41) is 7.77. The zero-order valence-corrected chi connectivity index (χ0v) is 13.8. The zero-order chi connectivity index (χ0) is 15.1. The molecule has 1 aromatic rings. The van der Waals surface area contributed by atoms with Crippen molar-refractivity contribution in [3.63, 3.8) is 0 Å². The maximum Gasteiger partial charge on any atom is 0.253 e. The number of hydrogen-bond donors (Lipinski definition) is 2. The summed E-state index contributed by atoms with van der Waals surface area (Å²) >= 11 is 9.15. The van der Waals surface area contributed by atoms with E-state index in [1.54, 1.807) is 0 Å². The van der Waals surface area contributed by atoms with Gasteiger partial charge in [0.15, 0.2) is 0 Å². The number of sulfonamides is 1. The van der Waals surface area contributed by atoms with Crippen LogP contribution < -0.4 is 10.5 Å². The fourth-order valence-electron chi connectivity index (χ4n) is 2.22. The topological polar surface area (TPSA) is 89.3 Å². The Morgan fingerprint density at radius 1 is 1.45 bits per heavy atom. The van der Waals surface area contributed by atoms with Crippen molar-refractivity contribution in [2.24, 2.45) is 11.1 Å². The summed E-state index contributed by atoms with van der Waals surface area (Å²) < 4.78 is 23.3. The lowest BCUT2D eigenvalue weighted by molar-refractivity contribution is 0.0896. The van der Waals surface area contributed by atoms with Gasteiger partial charge in [0.1, 0.15) is 4.90 Å². The molecular formula is C12H14BrClN2O3S. The predicted molar refractivity (Wildman–Crippen MR) is 80.2 cm³/mol. The molecule has 1 aromatic carbocycles. The van der Waals surface area contributed by atoms with E-state index in [2.05, 4.69) is 28.2 Å². The molecule has 0 heterocycles. The molecule has 2 rings (SSSR count). The molecule has 0 atom stereocenters. The predicted octanol–water partition coefficient (Wildman–Crippen LogP) is 2.28. The highest BCUT2D eigenvalue weighted by Crippen LogP contribution is 2.30. The second-order valence-corrected chi connectivity index (χ2v) is 7.88. The molecule has 0 spiro atoms. The third kappa shape index (κ3) is 3.33. The van der Waals surface area contributed by atoms with Crippen molar-refractivity contribution in [1.82, 2.24) is 5.32 Å². The van der Waals surface area contributed by atoms with Gasteiger partial charge in [0, 0.05) is 10.5 Å². The minimum Gasteiger partial charge on any atom is -0.349 e. The van der Waals surface area contributed by atoms with Crippen molar-refractivity contribution in [1.29, 1.82) is 0 Å². The maximum atomic E-state index is 12.2. The van der Waals surface area contributed by atoms with Gasteiger partial charge in [-0.1, -0.05) is 34.5 Å². The molecule has 1 aliphatic carbocycles. The first kappa shape index (κ1) is 15.8. The van der Waals surface area contributed by atoms with E-state index in [0.29, 0.717) is 10.4 Å². The summed E-state index contributed by atoms with van der Waals surface area (Å²) in [7, 11) is -3.98. The lowest BCUT2D eigenvalue weighted by atomic mass is 9.82. The van der Waals surface area contributed by atoms with E-state index >= 15 is 0 Å². The first-order valence-corrected chi connectivity index (χ1v) is 8.73. The Labute approximate surface area is 131 Å². The van der Waals surface area contributed by atoms with Crippen LogP contribution in [-0.4, -0.2) is 20.4 Å². The Morgan fingerprint density at radius 3 is 2.55 bits per heavy atom. The molecule has 5 nitrogen and oxygen atoms in total. The minimum absolute atomic E-state index is 0.101. The first-order valence-electron chi connectivity index (χ1n) is 6.01. The van der Waals surface area contributed by atoms with Crippen molar-refractivity contribution < 1.29 is 13.2 Å². The number of nitrogens with one attached hydrogen (secondary N) is 1. The van der Waals surface area contributed by atoms with Gasteiger partial charge >= 0.3 is 0 Å². The number of hydrogen-bond acceptors (Lipinski definition) is 3. The van der Waals surface area contributed by atoms with E-state index in [9.17, 15) is 13.2 Å². The van der Waals surface area contributed by atoms with Crippen molar-refractivity contribution >= 4 is 43.5 Å². The number of benzene rings is 1. The van der Waals surface area contributed by atoms with Crippen LogP contribution in [0.2, 0.25) is 5.02 Å². The highest BCUT2D eigenvalue weighted by molar-refractivity contribution is 9.10. The van der Waals surface area contributed by atoms with Crippen LogP contribution in [0.15, 0.2) is 21.5 Å². The van der Waals surface area contributed by atoms with Crippen LogP contribution in [0.5, 0.6) is 0 Å². The van der Waals surface area contributed by atoms with Gasteiger partial charge in [-0.25, -0.2) is 13.6 Å².